The van der Waals surface area contributed by atoms with Crippen LogP contribution in [0.5, 0.6) is 5.75 Å². The molecule has 0 radical (unpaired) electrons. The van der Waals surface area contributed by atoms with Gasteiger partial charge in [0.05, 0.1) is 25.9 Å². The quantitative estimate of drug-likeness (QED) is 0.628. The average molecular weight is 351 g/mol. The van der Waals surface area contributed by atoms with Gasteiger partial charge in [-0.25, -0.2) is 0 Å². The highest BCUT2D eigenvalue weighted by molar-refractivity contribution is 5.94. The van der Waals surface area contributed by atoms with Gasteiger partial charge in [-0.05, 0) is 31.2 Å². The van der Waals surface area contributed by atoms with Crippen LogP contribution in [0.4, 0.5) is 13.2 Å². The maximum atomic E-state index is 12.0. The van der Waals surface area contributed by atoms with E-state index in [-0.39, 0.29) is 18.7 Å². The molecule has 0 aliphatic carbocycles. The van der Waals surface area contributed by atoms with Gasteiger partial charge < -0.3 is 24.6 Å². The van der Waals surface area contributed by atoms with Crippen LogP contribution in [0, 0.1) is 0 Å². The van der Waals surface area contributed by atoms with Crippen LogP contribution in [0.1, 0.15) is 17.3 Å². The molecule has 136 valence electrons. The highest BCUT2D eigenvalue weighted by Gasteiger charge is 2.31. The van der Waals surface area contributed by atoms with Gasteiger partial charge in [0, 0.05) is 18.7 Å². The summed E-state index contributed by atoms with van der Waals surface area (Å²) in [4.78, 5) is 11.8. The molecule has 2 N–H and O–H groups in total. The number of amides is 1. The van der Waals surface area contributed by atoms with Crippen molar-refractivity contribution in [3.63, 3.8) is 0 Å². The van der Waals surface area contributed by atoms with Gasteiger partial charge in [0.25, 0.3) is 5.91 Å². The predicted octanol–water partition coefficient (Wildman–Crippen LogP) is 1.73. The second kappa shape index (κ2) is 10.1. The number of carbonyl (C=O) groups is 1. The summed E-state index contributed by atoms with van der Waals surface area (Å²) in [7, 11) is 0. The van der Waals surface area contributed by atoms with E-state index >= 15 is 0 Å². The Balaban J connectivity index is 2.32. The van der Waals surface area contributed by atoms with Crippen LogP contribution in [-0.2, 0) is 9.47 Å². The van der Waals surface area contributed by atoms with Crippen molar-refractivity contribution in [1.82, 2.24) is 5.32 Å². The summed E-state index contributed by atoms with van der Waals surface area (Å²) < 4.78 is 50.0. The Kier molecular flexibility index (Phi) is 8.51. The third-order valence-electron chi connectivity index (χ3n) is 2.73. The standard InChI is InChI=1S/C15H20F3NO5/c1-2-22-7-8-23-10-12(20)9-19-14(21)11-3-5-13(6-4-11)24-15(16,17)18/h3-6,12,20H,2,7-10H2,1H3,(H,19,21). The molecule has 0 saturated carbocycles. The molecule has 0 spiro atoms. The van der Waals surface area contributed by atoms with E-state index < -0.39 is 24.1 Å². The van der Waals surface area contributed by atoms with Crippen molar-refractivity contribution in [3.05, 3.63) is 29.8 Å². The van der Waals surface area contributed by atoms with E-state index in [4.69, 9.17) is 9.47 Å². The zero-order chi connectivity index (χ0) is 18.0. The third-order valence-corrected chi connectivity index (χ3v) is 2.73. The van der Waals surface area contributed by atoms with E-state index in [1.807, 2.05) is 6.92 Å². The van der Waals surface area contributed by atoms with Gasteiger partial charge in [0.1, 0.15) is 5.75 Å². The van der Waals surface area contributed by atoms with E-state index in [1.165, 1.54) is 12.1 Å². The lowest BCUT2D eigenvalue weighted by atomic mass is 10.2. The molecule has 1 atom stereocenters. The Labute approximate surface area is 137 Å². The number of halogens is 3. The molecule has 6 nitrogen and oxygen atoms in total. The molecule has 0 aromatic heterocycles. The molecular weight excluding hydrogens is 331 g/mol. The normalized spacial score (nSPS) is 12.7. The number of ether oxygens (including phenoxy) is 3. The summed E-state index contributed by atoms with van der Waals surface area (Å²) in [5.41, 5.74) is 0.147. The number of benzene rings is 1. The molecule has 0 saturated heterocycles. The molecule has 1 aromatic rings. The van der Waals surface area contributed by atoms with E-state index in [2.05, 4.69) is 10.1 Å². The van der Waals surface area contributed by atoms with Crippen molar-refractivity contribution >= 4 is 5.91 Å². The Morgan fingerprint density at radius 2 is 1.83 bits per heavy atom. The first-order valence-corrected chi connectivity index (χ1v) is 7.29. The molecule has 0 bridgehead atoms. The third kappa shape index (κ3) is 8.70. The summed E-state index contributed by atoms with van der Waals surface area (Å²) >= 11 is 0. The number of hydrogen-bond acceptors (Lipinski definition) is 5. The largest absolute Gasteiger partial charge is 0.573 e. The van der Waals surface area contributed by atoms with Crippen LogP contribution in [0.3, 0.4) is 0 Å². The maximum absolute atomic E-state index is 12.0. The molecule has 0 fully saturated rings. The Hall–Kier alpha value is -1.84. The first kappa shape index (κ1) is 20.2. The SMILES string of the molecule is CCOCCOCC(O)CNC(=O)c1ccc(OC(F)(F)F)cc1. The Morgan fingerprint density at radius 3 is 2.42 bits per heavy atom. The van der Waals surface area contributed by atoms with Gasteiger partial charge in [-0.1, -0.05) is 0 Å². The van der Waals surface area contributed by atoms with Crippen LogP contribution in [0.25, 0.3) is 0 Å². The van der Waals surface area contributed by atoms with Crippen LogP contribution < -0.4 is 10.1 Å². The predicted molar refractivity (Wildman–Crippen MR) is 78.8 cm³/mol. The van der Waals surface area contributed by atoms with E-state index in [9.17, 15) is 23.1 Å². The molecule has 0 aliphatic rings. The molecule has 1 rings (SSSR count). The number of aliphatic hydroxyl groups excluding tert-OH is 1. The van der Waals surface area contributed by atoms with E-state index in [0.29, 0.717) is 19.8 Å². The number of hydrogen-bond donors (Lipinski definition) is 2. The first-order chi connectivity index (χ1) is 11.3. The fraction of sp³-hybridized carbons (Fsp3) is 0.533. The van der Waals surface area contributed by atoms with Gasteiger partial charge in [-0.3, -0.25) is 4.79 Å². The second-order valence-electron chi connectivity index (χ2n) is 4.71. The highest BCUT2D eigenvalue weighted by Crippen LogP contribution is 2.22. The van der Waals surface area contributed by atoms with Gasteiger partial charge in [0.15, 0.2) is 0 Å². The second-order valence-corrected chi connectivity index (χ2v) is 4.71. The van der Waals surface area contributed by atoms with Crippen LogP contribution >= 0.6 is 0 Å². The van der Waals surface area contributed by atoms with Crippen LogP contribution in [-0.4, -0.2) is 56.5 Å². The van der Waals surface area contributed by atoms with Crippen molar-refractivity contribution in [1.29, 1.82) is 0 Å². The van der Waals surface area contributed by atoms with Crippen molar-refractivity contribution in [2.75, 3.05) is 33.0 Å². The average Bonchev–Trinajstić information content (AvgIpc) is 2.51. The van der Waals surface area contributed by atoms with Crippen molar-refractivity contribution < 1.29 is 37.3 Å². The van der Waals surface area contributed by atoms with Crippen molar-refractivity contribution in [2.45, 2.75) is 19.4 Å². The summed E-state index contributed by atoms with van der Waals surface area (Å²) in [6.07, 6.45) is -5.68. The smallest absolute Gasteiger partial charge is 0.406 e. The minimum absolute atomic E-state index is 0.0334. The molecule has 24 heavy (non-hydrogen) atoms. The summed E-state index contributed by atoms with van der Waals surface area (Å²) in [6, 6.07) is 4.47. The summed E-state index contributed by atoms with van der Waals surface area (Å²) in [5.74, 6) is -0.941. The Morgan fingerprint density at radius 1 is 1.21 bits per heavy atom. The van der Waals surface area contributed by atoms with Crippen LogP contribution in [0.15, 0.2) is 24.3 Å². The summed E-state index contributed by atoms with van der Waals surface area (Å²) in [5, 5.41) is 12.1. The molecule has 1 aromatic carbocycles. The number of nitrogens with one attached hydrogen (secondary N) is 1. The minimum Gasteiger partial charge on any atom is -0.406 e. The fourth-order valence-electron chi connectivity index (χ4n) is 1.66. The molecular formula is C15H20F3NO5. The van der Waals surface area contributed by atoms with Crippen molar-refractivity contribution in [3.8, 4) is 5.75 Å². The lowest BCUT2D eigenvalue weighted by Crippen LogP contribution is -2.34. The van der Waals surface area contributed by atoms with Gasteiger partial charge >= 0.3 is 6.36 Å². The Bertz CT molecular complexity index is 493. The monoisotopic (exact) mass is 351 g/mol. The number of aliphatic hydroxyl groups is 1. The van der Waals surface area contributed by atoms with Gasteiger partial charge in [-0.2, -0.15) is 0 Å². The van der Waals surface area contributed by atoms with Gasteiger partial charge in [0.2, 0.25) is 0 Å². The zero-order valence-corrected chi connectivity index (χ0v) is 13.1. The lowest BCUT2D eigenvalue weighted by Gasteiger charge is -2.13. The first-order valence-electron chi connectivity index (χ1n) is 7.29. The van der Waals surface area contributed by atoms with E-state index in [0.717, 1.165) is 12.1 Å². The minimum atomic E-state index is -4.78. The molecule has 9 heteroatoms. The lowest BCUT2D eigenvalue weighted by molar-refractivity contribution is -0.274. The topological polar surface area (TPSA) is 77.0 Å². The van der Waals surface area contributed by atoms with E-state index in [1.54, 1.807) is 0 Å². The highest BCUT2D eigenvalue weighted by atomic mass is 19.4. The number of carbonyl (C=O) groups excluding carboxylic acids is 1. The summed E-state index contributed by atoms with van der Waals surface area (Å²) in [6.45, 7) is 3.17. The van der Waals surface area contributed by atoms with Crippen LogP contribution in [0.2, 0.25) is 0 Å². The molecule has 1 unspecified atom stereocenters. The maximum Gasteiger partial charge on any atom is 0.573 e. The van der Waals surface area contributed by atoms with Crippen molar-refractivity contribution in [2.24, 2.45) is 0 Å². The number of rotatable bonds is 10. The molecule has 1 amide bonds. The fourth-order valence-corrected chi connectivity index (χ4v) is 1.66. The number of alkyl halides is 3. The van der Waals surface area contributed by atoms with Gasteiger partial charge in [-0.15, -0.1) is 13.2 Å². The molecule has 0 heterocycles. The molecule has 0 aliphatic heterocycles. The zero-order valence-electron chi connectivity index (χ0n) is 13.1.